The lowest BCUT2D eigenvalue weighted by Gasteiger charge is -2.32. The Kier molecular flexibility index (Phi) is 6.49. The van der Waals surface area contributed by atoms with E-state index in [-0.39, 0.29) is 18.7 Å². The molecule has 0 aromatic heterocycles. The molecule has 0 N–H and O–H groups in total. The van der Waals surface area contributed by atoms with Crippen molar-refractivity contribution in [2.45, 2.75) is 51.9 Å². The number of imide groups is 1. The van der Waals surface area contributed by atoms with Crippen molar-refractivity contribution in [2.75, 3.05) is 20.8 Å². The van der Waals surface area contributed by atoms with Crippen LogP contribution in [0.3, 0.4) is 0 Å². The first-order valence-electron chi connectivity index (χ1n) is 7.29. The maximum absolute atomic E-state index is 12.0. The monoisotopic (exact) mass is 315 g/mol. The summed E-state index contributed by atoms with van der Waals surface area (Å²) in [6.07, 6.45) is -0.378. The molecule has 7 nitrogen and oxygen atoms in total. The third kappa shape index (κ3) is 5.38. The summed E-state index contributed by atoms with van der Waals surface area (Å²) in [6, 6.07) is 0. The molecule has 0 bridgehead atoms. The van der Waals surface area contributed by atoms with Crippen molar-refractivity contribution in [3.63, 3.8) is 0 Å². The highest BCUT2D eigenvalue weighted by Gasteiger charge is 2.37. The lowest BCUT2D eigenvalue weighted by atomic mass is 9.91. The van der Waals surface area contributed by atoms with Crippen LogP contribution in [0.4, 0.5) is 4.79 Å². The number of carbonyl (C=O) groups is 3. The van der Waals surface area contributed by atoms with Crippen LogP contribution in [0.2, 0.25) is 0 Å². The lowest BCUT2D eigenvalue weighted by Crippen LogP contribution is -2.49. The normalized spacial score (nSPS) is 19.7. The van der Waals surface area contributed by atoms with Crippen molar-refractivity contribution >= 4 is 17.8 Å². The zero-order valence-electron chi connectivity index (χ0n) is 13.9. The minimum Gasteiger partial charge on any atom is -0.443 e. The molecule has 0 saturated carbocycles. The Bertz CT molecular complexity index is 424. The van der Waals surface area contributed by atoms with E-state index < -0.39 is 29.8 Å². The molecule has 0 radical (unpaired) electrons. The molecule has 0 aromatic rings. The van der Waals surface area contributed by atoms with Crippen molar-refractivity contribution in [1.82, 2.24) is 4.90 Å². The number of nitrogens with zero attached hydrogens (tertiary/aromatic N) is 1. The second-order valence-corrected chi connectivity index (χ2v) is 6.30. The number of hydrogen-bond donors (Lipinski definition) is 0. The molecule has 2 amide bonds. The number of likely N-dealkylation sites (tertiary alicyclic amines) is 1. The van der Waals surface area contributed by atoms with Gasteiger partial charge >= 0.3 is 6.09 Å². The molecule has 1 rings (SSSR count). The van der Waals surface area contributed by atoms with E-state index in [1.54, 1.807) is 20.8 Å². The van der Waals surface area contributed by atoms with Crippen molar-refractivity contribution in [1.29, 1.82) is 0 Å². The third-order valence-corrected chi connectivity index (χ3v) is 3.38. The van der Waals surface area contributed by atoms with E-state index in [0.717, 1.165) is 4.90 Å². The molecule has 1 saturated heterocycles. The maximum Gasteiger partial charge on any atom is 0.417 e. The number of ketones is 1. The van der Waals surface area contributed by atoms with Gasteiger partial charge in [0.05, 0.1) is 6.42 Å². The summed E-state index contributed by atoms with van der Waals surface area (Å²) in [4.78, 5) is 36.9. The van der Waals surface area contributed by atoms with Crippen molar-refractivity contribution in [3.05, 3.63) is 0 Å². The highest BCUT2D eigenvalue weighted by molar-refractivity contribution is 6.06. The van der Waals surface area contributed by atoms with Gasteiger partial charge in [-0.2, -0.15) is 0 Å². The number of Topliss-reactive ketones (excluding diaryl/α,β-unsaturated/α-hetero) is 1. The molecule has 1 aliphatic rings. The van der Waals surface area contributed by atoms with Crippen LogP contribution in [0.15, 0.2) is 0 Å². The summed E-state index contributed by atoms with van der Waals surface area (Å²) in [5, 5.41) is 0. The quantitative estimate of drug-likeness (QED) is 0.568. The Morgan fingerprint density at radius 3 is 2.36 bits per heavy atom. The number of hydrogen-bond acceptors (Lipinski definition) is 6. The predicted molar refractivity (Wildman–Crippen MR) is 78.1 cm³/mol. The van der Waals surface area contributed by atoms with Gasteiger partial charge < -0.3 is 14.2 Å². The van der Waals surface area contributed by atoms with E-state index in [9.17, 15) is 14.4 Å². The van der Waals surface area contributed by atoms with E-state index in [0.29, 0.717) is 12.8 Å². The Balaban J connectivity index is 2.67. The molecule has 7 heteroatoms. The van der Waals surface area contributed by atoms with Crippen LogP contribution in [0.25, 0.3) is 0 Å². The SMILES string of the molecule is COC(CCC1CN(C(=O)OC(C)(C)C)C(=O)CC1=O)OC. The van der Waals surface area contributed by atoms with Gasteiger partial charge in [-0.05, 0) is 33.6 Å². The smallest absolute Gasteiger partial charge is 0.417 e. The zero-order chi connectivity index (χ0) is 16.9. The van der Waals surface area contributed by atoms with Crippen molar-refractivity contribution < 1.29 is 28.6 Å². The van der Waals surface area contributed by atoms with E-state index >= 15 is 0 Å². The first-order valence-corrected chi connectivity index (χ1v) is 7.29. The van der Waals surface area contributed by atoms with Crippen LogP contribution in [0.5, 0.6) is 0 Å². The van der Waals surface area contributed by atoms with Gasteiger partial charge in [-0.25, -0.2) is 9.69 Å². The fraction of sp³-hybridized carbons (Fsp3) is 0.800. The van der Waals surface area contributed by atoms with Crippen molar-refractivity contribution in [3.8, 4) is 0 Å². The molecule has 1 atom stereocenters. The average molecular weight is 315 g/mol. The number of amides is 2. The molecule has 1 aliphatic heterocycles. The van der Waals surface area contributed by atoms with Gasteiger partial charge in [0.25, 0.3) is 0 Å². The van der Waals surface area contributed by atoms with Crippen LogP contribution < -0.4 is 0 Å². The molecule has 22 heavy (non-hydrogen) atoms. The Morgan fingerprint density at radius 2 is 1.86 bits per heavy atom. The average Bonchev–Trinajstić information content (AvgIpc) is 2.39. The van der Waals surface area contributed by atoms with E-state index in [4.69, 9.17) is 14.2 Å². The van der Waals surface area contributed by atoms with Crippen LogP contribution in [0, 0.1) is 5.92 Å². The molecule has 126 valence electrons. The molecular formula is C15H25NO6. The maximum atomic E-state index is 12.0. The second kappa shape index (κ2) is 7.69. The first-order chi connectivity index (χ1) is 10.2. The molecule has 0 aromatic carbocycles. The number of rotatable bonds is 5. The summed E-state index contributed by atoms with van der Waals surface area (Å²) in [5.74, 6) is -1.07. The summed E-state index contributed by atoms with van der Waals surface area (Å²) < 4.78 is 15.4. The Hall–Kier alpha value is -1.47. The molecule has 1 fully saturated rings. The van der Waals surface area contributed by atoms with Crippen LogP contribution in [-0.2, 0) is 23.8 Å². The largest absolute Gasteiger partial charge is 0.443 e. The van der Waals surface area contributed by atoms with Gasteiger partial charge in [0, 0.05) is 26.7 Å². The number of piperidine rings is 1. The molecule has 1 unspecified atom stereocenters. The van der Waals surface area contributed by atoms with Crippen LogP contribution in [-0.4, -0.2) is 55.3 Å². The van der Waals surface area contributed by atoms with Crippen LogP contribution in [0.1, 0.15) is 40.0 Å². The van der Waals surface area contributed by atoms with Gasteiger partial charge in [0.1, 0.15) is 11.4 Å². The van der Waals surface area contributed by atoms with Crippen molar-refractivity contribution in [2.24, 2.45) is 5.92 Å². The Labute approximate surface area is 130 Å². The predicted octanol–water partition coefficient (Wildman–Crippen LogP) is 1.74. The summed E-state index contributed by atoms with van der Waals surface area (Å²) in [6.45, 7) is 5.23. The first kappa shape index (κ1) is 18.6. The van der Waals surface area contributed by atoms with Gasteiger partial charge in [-0.3, -0.25) is 9.59 Å². The molecule has 1 heterocycles. The van der Waals surface area contributed by atoms with Gasteiger partial charge in [-0.15, -0.1) is 0 Å². The topological polar surface area (TPSA) is 82.1 Å². The Morgan fingerprint density at radius 1 is 1.27 bits per heavy atom. The minimum absolute atomic E-state index is 0.0483. The molecular weight excluding hydrogens is 290 g/mol. The number of carbonyl (C=O) groups excluding carboxylic acids is 3. The highest BCUT2D eigenvalue weighted by Crippen LogP contribution is 2.22. The molecule has 0 spiro atoms. The van der Waals surface area contributed by atoms with Gasteiger partial charge in [-0.1, -0.05) is 0 Å². The van der Waals surface area contributed by atoms with E-state index in [1.165, 1.54) is 14.2 Å². The zero-order valence-corrected chi connectivity index (χ0v) is 13.9. The summed E-state index contributed by atoms with van der Waals surface area (Å²) in [5.41, 5.74) is -0.689. The fourth-order valence-electron chi connectivity index (χ4n) is 2.23. The minimum atomic E-state index is -0.704. The number of methoxy groups -OCH3 is 2. The molecule has 0 aliphatic carbocycles. The van der Waals surface area contributed by atoms with E-state index in [1.807, 2.05) is 0 Å². The van der Waals surface area contributed by atoms with Gasteiger partial charge in [0.2, 0.25) is 5.91 Å². The second-order valence-electron chi connectivity index (χ2n) is 6.30. The van der Waals surface area contributed by atoms with Crippen LogP contribution >= 0.6 is 0 Å². The number of ether oxygens (including phenoxy) is 3. The third-order valence-electron chi connectivity index (χ3n) is 3.38. The lowest BCUT2D eigenvalue weighted by molar-refractivity contribution is -0.143. The fourth-order valence-corrected chi connectivity index (χ4v) is 2.23. The highest BCUT2D eigenvalue weighted by atomic mass is 16.7. The standard InChI is InChI=1S/C15H25NO6/c1-15(2,3)22-14(19)16-9-10(11(17)8-12(16)18)6-7-13(20-4)21-5/h10,13H,6-9H2,1-5H3. The van der Waals surface area contributed by atoms with E-state index in [2.05, 4.69) is 0 Å². The van der Waals surface area contributed by atoms with Gasteiger partial charge in [0.15, 0.2) is 6.29 Å². The summed E-state index contributed by atoms with van der Waals surface area (Å²) >= 11 is 0. The summed E-state index contributed by atoms with van der Waals surface area (Å²) in [7, 11) is 3.04.